The van der Waals surface area contributed by atoms with Gasteiger partial charge in [0.25, 0.3) is 0 Å². The summed E-state index contributed by atoms with van der Waals surface area (Å²) in [5.41, 5.74) is 0. The maximum absolute atomic E-state index is 10.1. The van der Waals surface area contributed by atoms with E-state index in [1.807, 2.05) is 0 Å². The number of hydrogen-bond acceptors (Lipinski definition) is 10. The number of aliphatic hydroxyl groups excluding tert-OH is 7. The molecular formula is C13H24O10. The number of ether oxygens (including phenoxy) is 3. The van der Waals surface area contributed by atoms with Crippen LogP contribution in [0.1, 0.15) is 13.3 Å². The van der Waals surface area contributed by atoms with Crippen LogP contribution in [0.5, 0.6) is 0 Å². The average Bonchev–Trinajstić information content (AvgIpc) is 2.55. The Morgan fingerprint density at radius 3 is 2.00 bits per heavy atom. The molecule has 10 heteroatoms. The molecule has 0 radical (unpaired) electrons. The Hall–Kier alpha value is -0.400. The molecule has 23 heavy (non-hydrogen) atoms. The molecule has 136 valence electrons. The van der Waals surface area contributed by atoms with Crippen LogP contribution in [0, 0.1) is 0 Å². The largest absolute Gasteiger partial charge is 0.394 e. The second kappa shape index (κ2) is 7.66. The molecule has 0 aromatic carbocycles. The fourth-order valence-corrected chi connectivity index (χ4v) is 2.75. The minimum Gasteiger partial charge on any atom is -0.394 e. The van der Waals surface area contributed by atoms with Gasteiger partial charge in [0, 0.05) is 0 Å². The lowest BCUT2D eigenvalue weighted by molar-refractivity contribution is -0.353. The van der Waals surface area contributed by atoms with Crippen molar-refractivity contribution in [2.45, 2.75) is 74.8 Å². The van der Waals surface area contributed by atoms with E-state index in [-0.39, 0.29) is 0 Å². The van der Waals surface area contributed by atoms with Crippen molar-refractivity contribution in [1.29, 1.82) is 0 Å². The molecule has 0 saturated carbocycles. The number of hydrogen-bond donors (Lipinski definition) is 7. The van der Waals surface area contributed by atoms with Crippen LogP contribution < -0.4 is 0 Å². The molecule has 0 aromatic rings. The van der Waals surface area contributed by atoms with Crippen molar-refractivity contribution in [1.82, 2.24) is 0 Å². The van der Waals surface area contributed by atoms with Crippen molar-refractivity contribution in [3.63, 3.8) is 0 Å². The van der Waals surface area contributed by atoms with Gasteiger partial charge in [-0.15, -0.1) is 0 Å². The second-order valence-electron chi connectivity index (χ2n) is 5.75. The van der Waals surface area contributed by atoms with E-state index in [4.69, 9.17) is 19.3 Å². The quantitative estimate of drug-likeness (QED) is 0.268. The third-order valence-corrected chi connectivity index (χ3v) is 4.20. The average molecular weight is 340 g/mol. The van der Waals surface area contributed by atoms with E-state index in [0.717, 1.165) is 0 Å². The molecule has 2 fully saturated rings. The number of aliphatic hydroxyl groups is 7. The van der Waals surface area contributed by atoms with Crippen LogP contribution in [-0.2, 0) is 14.2 Å². The molecule has 0 aliphatic carbocycles. The summed E-state index contributed by atoms with van der Waals surface area (Å²) in [6.07, 6.45) is -13.8. The van der Waals surface area contributed by atoms with Gasteiger partial charge >= 0.3 is 0 Å². The Morgan fingerprint density at radius 1 is 0.783 bits per heavy atom. The molecular weight excluding hydrogens is 316 g/mol. The van der Waals surface area contributed by atoms with Gasteiger partial charge in [-0.2, -0.15) is 0 Å². The highest BCUT2D eigenvalue weighted by Gasteiger charge is 2.49. The van der Waals surface area contributed by atoms with Crippen molar-refractivity contribution in [3.05, 3.63) is 0 Å². The monoisotopic (exact) mass is 340 g/mol. The van der Waals surface area contributed by atoms with Crippen LogP contribution in [0.2, 0.25) is 0 Å². The molecule has 2 aliphatic rings. The molecule has 0 amide bonds. The van der Waals surface area contributed by atoms with Crippen LogP contribution in [0.4, 0.5) is 0 Å². The molecule has 4 unspecified atom stereocenters. The minimum absolute atomic E-state index is 0.322. The molecule has 0 aromatic heterocycles. The van der Waals surface area contributed by atoms with E-state index >= 15 is 0 Å². The van der Waals surface area contributed by atoms with E-state index in [0.29, 0.717) is 6.42 Å². The van der Waals surface area contributed by atoms with E-state index in [1.165, 1.54) is 0 Å². The van der Waals surface area contributed by atoms with Gasteiger partial charge in [0.15, 0.2) is 12.6 Å². The Morgan fingerprint density at radius 2 is 1.43 bits per heavy atom. The molecule has 7 N–H and O–H groups in total. The standard InChI is InChI=1S/C13H24O10/c1-2-4-11(8(17)9(18)12(20)21-4)23-13-10(19)7(16)6(15)5(3-14)22-13/h4-20H,2-3H2,1H3/t4?,5?,6-,7+,8-,9?,10?,11-,12+,13-/m1/s1. The zero-order valence-corrected chi connectivity index (χ0v) is 12.5. The van der Waals surface area contributed by atoms with Gasteiger partial charge in [0.05, 0.1) is 12.7 Å². The third-order valence-electron chi connectivity index (χ3n) is 4.20. The van der Waals surface area contributed by atoms with Crippen molar-refractivity contribution < 1.29 is 50.0 Å². The first kappa shape index (κ1) is 18.9. The zero-order valence-electron chi connectivity index (χ0n) is 12.5. The van der Waals surface area contributed by atoms with Gasteiger partial charge < -0.3 is 50.0 Å². The maximum atomic E-state index is 10.1. The Balaban J connectivity index is 2.11. The molecule has 2 saturated heterocycles. The SMILES string of the molecule is CCC1O[C@H](O)C(O)[C@@H](O)[C@@H]1O[C@H]1OC(CO)[C@@H](O)[C@H](O)C1O. The molecule has 0 bridgehead atoms. The predicted molar refractivity (Wildman–Crippen MR) is 71.8 cm³/mol. The molecule has 2 aliphatic heterocycles. The molecule has 0 spiro atoms. The predicted octanol–water partition coefficient (Wildman–Crippen LogP) is -3.98. The van der Waals surface area contributed by atoms with Crippen LogP contribution in [0.25, 0.3) is 0 Å². The lowest BCUT2D eigenvalue weighted by atomic mass is 9.96. The van der Waals surface area contributed by atoms with Crippen LogP contribution in [0.3, 0.4) is 0 Å². The summed E-state index contributed by atoms with van der Waals surface area (Å²) in [5, 5.41) is 67.8. The smallest absolute Gasteiger partial charge is 0.187 e. The first-order valence-electron chi connectivity index (χ1n) is 7.47. The van der Waals surface area contributed by atoms with Crippen molar-refractivity contribution in [3.8, 4) is 0 Å². The third kappa shape index (κ3) is 3.66. The number of rotatable bonds is 4. The first-order chi connectivity index (χ1) is 10.8. The highest BCUT2D eigenvalue weighted by atomic mass is 16.7. The maximum Gasteiger partial charge on any atom is 0.187 e. The van der Waals surface area contributed by atoms with E-state index in [1.54, 1.807) is 6.92 Å². The molecule has 2 rings (SSSR count). The highest BCUT2D eigenvalue weighted by Crippen LogP contribution is 2.29. The highest BCUT2D eigenvalue weighted by molar-refractivity contribution is 4.93. The van der Waals surface area contributed by atoms with Crippen LogP contribution >= 0.6 is 0 Å². The fraction of sp³-hybridized carbons (Fsp3) is 1.00. The summed E-state index contributed by atoms with van der Waals surface area (Å²) in [6.45, 7) is 1.08. The van der Waals surface area contributed by atoms with Crippen molar-refractivity contribution >= 4 is 0 Å². The van der Waals surface area contributed by atoms with Gasteiger partial charge in [-0.25, -0.2) is 0 Å². The lowest BCUT2D eigenvalue weighted by Crippen LogP contribution is -2.63. The summed E-state index contributed by atoms with van der Waals surface area (Å²) in [6, 6.07) is 0. The van der Waals surface area contributed by atoms with Gasteiger partial charge in [0.1, 0.15) is 42.7 Å². The topological polar surface area (TPSA) is 169 Å². The van der Waals surface area contributed by atoms with E-state index in [9.17, 15) is 30.6 Å². The molecule has 10 nitrogen and oxygen atoms in total. The van der Waals surface area contributed by atoms with Crippen molar-refractivity contribution in [2.24, 2.45) is 0 Å². The van der Waals surface area contributed by atoms with Crippen LogP contribution in [0.15, 0.2) is 0 Å². The minimum atomic E-state index is -1.64. The normalized spacial score (nSPS) is 51.7. The Labute approximate surface area is 132 Å². The first-order valence-corrected chi connectivity index (χ1v) is 7.47. The fourth-order valence-electron chi connectivity index (χ4n) is 2.75. The van der Waals surface area contributed by atoms with Crippen LogP contribution in [-0.4, -0.2) is 104 Å². The summed E-state index contributed by atoms with van der Waals surface area (Å²) in [7, 11) is 0. The van der Waals surface area contributed by atoms with Gasteiger partial charge in [-0.05, 0) is 6.42 Å². The van der Waals surface area contributed by atoms with E-state index < -0.39 is 68.0 Å². The summed E-state index contributed by atoms with van der Waals surface area (Å²) in [4.78, 5) is 0. The Bertz CT molecular complexity index is 378. The summed E-state index contributed by atoms with van der Waals surface area (Å²) >= 11 is 0. The van der Waals surface area contributed by atoms with Gasteiger partial charge in [-0.3, -0.25) is 0 Å². The van der Waals surface area contributed by atoms with Gasteiger partial charge in [0.2, 0.25) is 0 Å². The van der Waals surface area contributed by atoms with Crippen molar-refractivity contribution in [2.75, 3.05) is 6.61 Å². The lowest BCUT2D eigenvalue weighted by Gasteiger charge is -2.45. The molecule has 10 atom stereocenters. The zero-order chi connectivity index (χ0) is 17.3. The summed E-state index contributed by atoms with van der Waals surface area (Å²) < 4.78 is 15.8. The van der Waals surface area contributed by atoms with Gasteiger partial charge in [-0.1, -0.05) is 6.92 Å². The molecule has 2 heterocycles. The second-order valence-corrected chi connectivity index (χ2v) is 5.75. The van der Waals surface area contributed by atoms with E-state index in [2.05, 4.69) is 0 Å². The summed E-state index contributed by atoms with van der Waals surface area (Å²) in [5.74, 6) is 0. The Kier molecular flexibility index (Phi) is 6.30.